The molecule has 0 fully saturated rings. The topological polar surface area (TPSA) is 17.3 Å². The lowest BCUT2D eigenvalue weighted by Gasteiger charge is -2.10. The fourth-order valence-electron chi connectivity index (χ4n) is 1.57. The number of hydrogen-bond donors (Lipinski definition) is 0. The summed E-state index contributed by atoms with van der Waals surface area (Å²) in [5.74, 6) is 0. The Bertz CT molecular complexity index is 511. The van der Waals surface area contributed by atoms with Crippen LogP contribution < -0.4 is 0 Å². The van der Waals surface area contributed by atoms with Crippen molar-refractivity contribution in [3.8, 4) is 0 Å². The van der Waals surface area contributed by atoms with E-state index in [2.05, 4.69) is 4.98 Å². The molecule has 0 unspecified atom stereocenters. The van der Waals surface area contributed by atoms with Gasteiger partial charge in [-0.2, -0.15) is 13.2 Å². The first kappa shape index (κ1) is 10.0. The van der Waals surface area contributed by atoms with Gasteiger partial charge in [0.05, 0.1) is 17.5 Å². The molecule has 0 aliphatic heterocycles. The molecule has 2 nitrogen and oxygen atoms in total. The minimum atomic E-state index is -4.35. The molecule has 0 aliphatic carbocycles. The van der Waals surface area contributed by atoms with Gasteiger partial charge in [-0.3, -0.25) is 4.40 Å². The number of imidazole rings is 1. The first-order valence-electron chi connectivity index (χ1n) is 4.41. The van der Waals surface area contributed by atoms with Crippen molar-refractivity contribution < 1.29 is 13.2 Å². The highest BCUT2D eigenvalue weighted by Crippen LogP contribution is 2.31. The Hall–Kier alpha value is -1.52. The minimum absolute atomic E-state index is 0.502. The van der Waals surface area contributed by atoms with Crippen LogP contribution in [0.5, 0.6) is 0 Å². The zero-order chi connectivity index (χ0) is 11.2. The van der Waals surface area contributed by atoms with E-state index in [9.17, 15) is 13.2 Å². The van der Waals surface area contributed by atoms with Crippen molar-refractivity contribution in [3.63, 3.8) is 0 Å². The van der Waals surface area contributed by atoms with E-state index in [0.29, 0.717) is 16.8 Å². The van der Waals surface area contributed by atoms with Gasteiger partial charge < -0.3 is 0 Å². The smallest absolute Gasteiger partial charge is 0.295 e. The van der Waals surface area contributed by atoms with Crippen LogP contribution in [0.25, 0.3) is 5.52 Å². The molecule has 0 spiro atoms. The summed E-state index contributed by atoms with van der Waals surface area (Å²) in [6.07, 6.45) is -3.15. The summed E-state index contributed by atoms with van der Waals surface area (Å²) in [5.41, 5.74) is 1.00. The van der Waals surface area contributed by atoms with E-state index < -0.39 is 11.9 Å². The van der Waals surface area contributed by atoms with Gasteiger partial charge in [0.15, 0.2) is 0 Å². The summed E-state index contributed by atoms with van der Waals surface area (Å²) in [6, 6.07) is 2.81. The van der Waals surface area contributed by atoms with Crippen LogP contribution in [-0.2, 0) is 6.18 Å². The van der Waals surface area contributed by atoms with Gasteiger partial charge in [0.25, 0.3) is 0 Å². The average molecular weight is 214 g/mol. The third-order valence-corrected chi connectivity index (χ3v) is 2.28. The van der Waals surface area contributed by atoms with Crippen LogP contribution in [0.4, 0.5) is 13.2 Å². The summed E-state index contributed by atoms with van der Waals surface area (Å²) in [7, 11) is 0. The van der Waals surface area contributed by atoms with Crippen LogP contribution in [-0.4, -0.2) is 9.38 Å². The van der Waals surface area contributed by atoms with Crippen LogP contribution in [0.3, 0.4) is 0 Å². The number of halogens is 3. The minimum Gasteiger partial charge on any atom is -0.295 e. The molecule has 0 amide bonds. The van der Waals surface area contributed by atoms with E-state index in [1.807, 2.05) is 0 Å². The van der Waals surface area contributed by atoms with Crippen LogP contribution >= 0.6 is 0 Å². The van der Waals surface area contributed by atoms with E-state index in [1.165, 1.54) is 6.33 Å². The molecule has 2 rings (SSSR count). The van der Waals surface area contributed by atoms with Crippen LogP contribution in [0.15, 0.2) is 18.5 Å². The molecule has 0 aliphatic rings. The van der Waals surface area contributed by atoms with E-state index in [1.54, 1.807) is 19.9 Å². The van der Waals surface area contributed by atoms with Crippen molar-refractivity contribution in [2.75, 3.05) is 0 Å². The fourth-order valence-corrected chi connectivity index (χ4v) is 1.57. The van der Waals surface area contributed by atoms with Crippen molar-refractivity contribution in [1.29, 1.82) is 0 Å². The molecular formula is C10H9F3N2. The van der Waals surface area contributed by atoms with Gasteiger partial charge in [-0.1, -0.05) is 0 Å². The van der Waals surface area contributed by atoms with E-state index in [0.717, 1.165) is 10.5 Å². The lowest BCUT2D eigenvalue weighted by atomic mass is 10.2. The number of rotatable bonds is 0. The number of aromatic nitrogens is 2. The number of alkyl halides is 3. The van der Waals surface area contributed by atoms with Crippen molar-refractivity contribution in [1.82, 2.24) is 9.38 Å². The van der Waals surface area contributed by atoms with Crippen molar-refractivity contribution in [2.24, 2.45) is 0 Å². The second-order valence-corrected chi connectivity index (χ2v) is 3.50. The lowest BCUT2D eigenvalue weighted by molar-refractivity contribution is -0.142. The second kappa shape index (κ2) is 2.98. The normalized spacial score (nSPS) is 12.3. The largest absolute Gasteiger partial charge is 0.431 e. The molecule has 0 aromatic carbocycles. The maximum Gasteiger partial charge on any atom is 0.431 e. The summed E-state index contributed by atoms with van der Waals surface area (Å²) < 4.78 is 39.0. The first-order valence-corrected chi connectivity index (χ1v) is 4.41. The SMILES string of the molecule is Cc1cc(C(F)(F)F)n2cnc(C)c2c1. The Labute approximate surface area is 84.4 Å². The zero-order valence-corrected chi connectivity index (χ0v) is 8.26. The predicted molar refractivity (Wildman–Crippen MR) is 49.7 cm³/mol. The van der Waals surface area contributed by atoms with E-state index in [4.69, 9.17) is 0 Å². The molecule has 80 valence electrons. The Morgan fingerprint density at radius 3 is 2.47 bits per heavy atom. The summed E-state index contributed by atoms with van der Waals surface area (Å²) >= 11 is 0. The molecule has 2 aromatic rings. The number of pyridine rings is 1. The molecular weight excluding hydrogens is 205 g/mol. The van der Waals surface area contributed by atoms with Gasteiger partial charge in [-0.15, -0.1) is 0 Å². The monoisotopic (exact) mass is 214 g/mol. The van der Waals surface area contributed by atoms with Crippen LogP contribution in [0.2, 0.25) is 0 Å². The molecule has 5 heteroatoms. The van der Waals surface area contributed by atoms with Gasteiger partial charge >= 0.3 is 6.18 Å². The lowest BCUT2D eigenvalue weighted by Crippen LogP contribution is -2.11. The van der Waals surface area contributed by atoms with Gasteiger partial charge in [0, 0.05) is 0 Å². The summed E-state index contributed by atoms with van der Waals surface area (Å²) in [6.45, 7) is 3.33. The van der Waals surface area contributed by atoms with Gasteiger partial charge in [0.2, 0.25) is 0 Å². The Kier molecular flexibility index (Phi) is 1.99. The first-order chi connectivity index (χ1) is 6.89. The van der Waals surface area contributed by atoms with Crippen molar-refractivity contribution >= 4 is 5.52 Å². The van der Waals surface area contributed by atoms with Gasteiger partial charge in [-0.05, 0) is 31.5 Å². The van der Waals surface area contributed by atoms with Gasteiger partial charge in [0.1, 0.15) is 5.69 Å². The van der Waals surface area contributed by atoms with Crippen LogP contribution in [0.1, 0.15) is 17.0 Å². The highest BCUT2D eigenvalue weighted by molar-refractivity contribution is 5.54. The Morgan fingerprint density at radius 2 is 1.87 bits per heavy atom. The number of hydrogen-bond acceptors (Lipinski definition) is 1. The standard InChI is InChI=1S/C10H9F3N2/c1-6-3-8-7(2)14-5-15(8)9(4-6)10(11,12)13/h3-5H,1-2H3. The number of aryl methyl sites for hydroxylation is 2. The number of nitrogens with zero attached hydrogens (tertiary/aromatic N) is 2. The van der Waals surface area contributed by atoms with Crippen LogP contribution in [0, 0.1) is 13.8 Å². The quantitative estimate of drug-likeness (QED) is 0.659. The van der Waals surface area contributed by atoms with Gasteiger partial charge in [-0.25, -0.2) is 4.98 Å². The Balaban J connectivity index is 2.84. The third-order valence-electron chi connectivity index (χ3n) is 2.28. The summed E-state index contributed by atoms with van der Waals surface area (Å²) in [4.78, 5) is 3.87. The molecule has 0 atom stereocenters. The second-order valence-electron chi connectivity index (χ2n) is 3.50. The molecule has 0 saturated carbocycles. The fraction of sp³-hybridized carbons (Fsp3) is 0.300. The molecule has 2 heterocycles. The number of fused-ring (bicyclic) bond motifs is 1. The zero-order valence-electron chi connectivity index (χ0n) is 8.26. The summed E-state index contributed by atoms with van der Waals surface area (Å²) in [5, 5.41) is 0. The molecule has 0 saturated heterocycles. The third kappa shape index (κ3) is 1.58. The molecule has 2 aromatic heterocycles. The average Bonchev–Trinajstić information content (AvgIpc) is 2.45. The van der Waals surface area contributed by atoms with E-state index in [-0.39, 0.29) is 0 Å². The molecule has 0 N–H and O–H groups in total. The van der Waals surface area contributed by atoms with Crippen molar-refractivity contribution in [2.45, 2.75) is 20.0 Å². The van der Waals surface area contributed by atoms with Crippen molar-refractivity contribution in [3.05, 3.63) is 35.4 Å². The predicted octanol–water partition coefficient (Wildman–Crippen LogP) is 2.97. The molecule has 0 bridgehead atoms. The highest BCUT2D eigenvalue weighted by Gasteiger charge is 2.33. The molecule has 0 radical (unpaired) electrons. The highest BCUT2D eigenvalue weighted by atomic mass is 19.4. The molecule has 15 heavy (non-hydrogen) atoms. The Morgan fingerprint density at radius 1 is 1.20 bits per heavy atom. The maximum absolute atomic E-state index is 12.7. The maximum atomic E-state index is 12.7. The van der Waals surface area contributed by atoms with E-state index >= 15 is 0 Å².